The molecule has 1 aromatic carbocycles. The topological polar surface area (TPSA) is 161 Å². The highest BCUT2D eigenvalue weighted by Crippen LogP contribution is 2.38. The van der Waals surface area contributed by atoms with Crippen LogP contribution in [-0.2, 0) is 66.5 Å². The molecule has 3 heterocycles. The van der Waals surface area contributed by atoms with Crippen molar-refractivity contribution in [1.82, 2.24) is 0 Å². The van der Waals surface area contributed by atoms with Crippen molar-refractivity contribution >= 4 is 23.9 Å². The smallest absolute Gasteiger partial charge is 0.303 e. The van der Waals surface area contributed by atoms with E-state index in [0.29, 0.717) is 0 Å². The minimum Gasteiger partial charge on any atom is -0.463 e. The first kappa shape index (κ1) is 31.8. The third-order valence-electron chi connectivity index (χ3n) is 6.77. The fourth-order valence-corrected chi connectivity index (χ4v) is 5.11. The lowest BCUT2D eigenvalue weighted by Crippen LogP contribution is -2.65. The molecule has 1 aromatic rings. The summed E-state index contributed by atoms with van der Waals surface area (Å²) < 4.78 is 57.8. The Kier molecular flexibility index (Phi) is 10.9. The van der Waals surface area contributed by atoms with Gasteiger partial charge >= 0.3 is 23.9 Å². The average Bonchev–Trinajstić information content (AvgIpc) is 2.94. The lowest BCUT2D eigenvalue weighted by Gasteiger charge is -2.48. The van der Waals surface area contributed by atoms with Crippen LogP contribution in [0.15, 0.2) is 30.3 Å². The Morgan fingerprint density at radius 3 is 2.07 bits per heavy atom. The maximum atomic E-state index is 12.2. The Bertz CT molecular complexity index is 1100. The quantitative estimate of drug-likeness (QED) is 0.297. The predicted molar refractivity (Wildman–Crippen MR) is 137 cm³/mol. The van der Waals surface area contributed by atoms with E-state index in [9.17, 15) is 19.2 Å². The van der Waals surface area contributed by atoms with Crippen LogP contribution in [0.4, 0.5) is 0 Å². The summed E-state index contributed by atoms with van der Waals surface area (Å²) in [5.74, 6) is -2.83. The zero-order valence-electron chi connectivity index (χ0n) is 24.0. The lowest BCUT2D eigenvalue weighted by molar-refractivity contribution is -0.371. The van der Waals surface area contributed by atoms with E-state index in [-0.39, 0.29) is 19.6 Å². The number of benzene rings is 1. The van der Waals surface area contributed by atoms with Gasteiger partial charge in [0.2, 0.25) is 0 Å². The number of carbonyl (C=O) groups excluding carboxylic acids is 4. The lowest BCUT2D eigenvalue weighted by atomic mass is 9.96. The van der Waals surface area contributed by atoms with Crippen molar-refractivity contribution in [3.8, 4) is 0 Å². The number of carbonyl (C=O) groups is 4. The highest BCUT2D eigenvalue weighted by Gasteiger charge is 2.55. The highest BCUT2D eigenvalue weighted by molar-refractivity contribution is 5.68. The van der Waals surface area contributed by atoms with Gasteiger partial charge in [0, 0.05) is 46.8 Å². The van der Waals surface area contributed by atoms with Crippen LogP contribution in [-0.4, -0.2) is 99.5 Å². The van der Waals surface area contributed by atoms with Crippen LogP contribution < -0.4 is 0 Å². The molecule has 0 saturated carbocycles. The molecule has 3 saturated heterocycles. The minimum atomic E-state index is -1.38. The van der Waals surface area contributed by atoms with Gasteiger partial charge in [-0.15, -0.1) is 0 Å². The van der Waals surface area contributed by atoms with E-state index < -0.39 is 85.5 Å². The average molecular weight is 597 g/mol. The number of hydrogen-bond acceptors (Lipinski definition) is 14. The van der Waals surface area contributed by atoms with Crippen molar-refractivity contribution in [3.05, 3.63) is 35.9 Å². The molecule has 3 fully saturated rings. The molecule has 0 spiro atoms. The van der Waals surface area contributed by atoms with Gasteiger partial charge in [0.25, 0.3) is 0 Å². The van der Waals surface area contributed by atoms with Crippen molar-refractivity contribution in [1.29, 1.82) is 0 Å². The Hall–Kier alpha value is -3.14. The van der Waals surface area contributed by atoms with Crippen molar-refractivity contribution in [2.75, 3.05) is 20.3 Å². The van der Waals surface area contributed by atoms with Gasteiger partial charge in [-0.3, -0.25) is 19.2 Å². The summed E-state index contributed by atoms with van der Waals surface area (Å²) in [6, 6.07) is 9.32. The first-order valence-corrected chi connectivity index (χ1v) is 13.5. The van der Waals surface area contributed by atoms with Crippen LogP contribution in [0, 0.1) is 0 Å². The molecule has 0 N–H and O–H groups in total. The van der Waals surface area contributed by atoms with Crippen molar-refractivity contribution in [3.63, 3.8) is 0 Å². The van der Waals surface area contributed by atoms with Crippen LogP contribution in [0.5, 0.6) is 0 Å². The van der Waals surface area contributed by atoms with E-state index in [1.54, 1.807) is 0 Å². The fourth-order valence-electron chi connectivity index (χ4n) is 5.11. The van der Waals surface area contributed by atoms with E-state index in [4.69, 9.17) is 47.4 Å². The normalized spacial score (nSPS) is 34.4. The largest absolute Gasteiger partial charge is 0.463 e. The standard InChI is InChI=1S/C28H36O14/c1-14(29)34-12-21-24(36-15(2)30)25(37-16(3)31)26(38-17(4)32)28(41-21)40-19-11-22(33-5)39-20-13-35-27(42-23(19)20)18-9-7-6-8-10-18/h6-10,19-28H,11-13H2,1-5H3/t19-,20-,21-,22+,23+,24-,25+,26-,27?,28-/m1/s1. The van der Waals surface area contributed by atoms with E-state index in [1.165, 1.54) is 14.0 Å². The maximum absolute atomic E-state index is 12.2. The molecule has 0 bridgehead atoms. The van der Waals surface area contributed by atoms with E-state index in [1.807, 2.05) is 30.3 Å². The Labute approximate surface area is 242 Å². The summed E-state index contributed by atoms with van der Waals surface area (Å²) in [6.45, 7) is 4.44. The van der Waals surface area contributed by atoms with Gasteiger partial charge < -0.3 is 47.4 Å². The molecule has 4 rings (SSSR count). The van der Waals surface area contributed by atoms with Crippen LogP contribution in [0.1, 0.15) is 46.0 Å². The van der Waals surface area contributed by atoms with Gasteiger partial charge in [0.15, 0.2) is 37.2 Å². The first-order chi connectivity index (χ1) is 20.0. The van der Waals surface area contributed by atoms with Crippen molar-refractivity contribution in [2.24, 2.45) is 0 Å². The van der Waals surface area contributed by atoms with E-state index in [0.717, 1.165) is 26.3 Å². The molecule has 3 aliphatic heterocycles. The molecule has 14 heteroatoms. The minimum absolute atomic E-state index is 0.169. The molecule has 232 valence electrons. The molecule has 0 aromatic heterocycles. The number of rotatable bonds is 9. The Balaban J connectivity index is 1.65. The number of esters is 4. The summed E-state index contributed by atoms with van der Waals surface area (Å²) in [5.41, 5.74) is 0.788. The fraction of sp³-hybridized carbons (Fsp3) is 0.643. The number of methoxy groups -OCH3 is 1. The van der Waals surface area contributed by atoms with Gasteiger partial charge in [0.1, 0.15) is 24.9 Å². The van der Waals surface area contributed by atoms with Gasteiger partial charge in [-0.2, -0.15) is 0 Å². The summed E-state index contributed by atoms with van der Waals surface area (Å²) in [5, 5.41) is 0. The van der Waals surface area contributed by atoms with Gasteiger partial charge in [0.05, 0.1) is 12.7 Å². The zero-order chi connectivity index (χ0) is 30.4. The molecule has 14 nitrogen and oxygen atoms in total. The van der Waals surface area contributed by atoms with Crippen LogP contribution in [0.25, 0.3) is 0 Å². The zero-order valence-corrected chi connectivity index (χ0v) is 24.0. The van der Waals surface area contributed by atoms with Crippen LogP contribution in [0.2, 0.25) is 0 Å². The van der Waals surface area contributed by atoms with E-state index in [2.05, 4.69) is 0 Å². The molecular weight excluding hydrogens is 560 g/mol. The number of fused-ring (bicyclic) bond motifs is 1. The monoisotopic (exact) mass is 596 g/mol. The SMILES string of the molecule is CO[C@@H]1C[C@@H](O[C@@H]2O[C@H](COC(C)=O)[C@@H](OC(C)=O)[C@H](OC(C)=O)[C@H]2OC(C)=O)[C@@H]2OC(c3ccccc3)OC[C@H]2O1. The molecule has 1 unspecified atom stereocenters. The van der Waals surface area contributed by atoms with Gasteiger partial charge in [-0.05, 0) is 0 Å². The maximum Gasteiger partial charge on any atom is 0.303 e. The summed E-state index contributed by atoms with van der Waals surface area (Å²) >= 11 is 0. The first-order valence-electron chi connectivity index (χ1n) is 13.5. The summed E-state index contributed by atoms with van der Waals surface area (Å²) in [4.78, 5) is 48.0. The molecule has 10 atom stereocenters. The van der Waals surface area contributed by atoms with Gasteiger partial charge in [-0.1, -0.05) is 30.3 Å². The highest BCUT2D eigenvalue weighted by atomic mass is 16.8. The second kappa shape index (κ2) is 14.4. The van der Waals surface area contributed by atoms with Crippen LogP contribution in [0.3, 0.4) is 0 Å². The number of hydrogen-bond donors (Lipinski definition) is 0. The Morgan fingerprint density at radius 1 is 0.810 bits per heavy atom. The molecule has 0 radical (unpaired) electrons. The van der Waals surface area contributed by atoms with Gasteiger partial charge in [-0.25, -0.2) is 0 Å². The molecule has 0 aliphatic carbocycles. The molecule has 42 heavy (non-hydrogen) atoms. The third kappa shape index (κ3) is 8.02. The van der Waals surface area contributed by atoms with E-state index >= 15 is 0 Å². The second-order valence-electron chi connectivity index (χ2n) is 9.99. The summed E-state index contributed by atoms with van der Waals surface area (Å²) in [6.07, 6.45) is -9.82. The third-order valence-corrected chi connectivity index (χ3v) is 6.77. The Morgan fingerprint density at radius 2 is 1.45 bits per heavy atom. The molecular formula is C28H36O14. The summed E-state index contributed by atoms with van der Waals surface area (Å²) in [7, 11) is 1.48. The predicted octanol–water partition coefficient (Wildman–Crippen LogP) is 1.33. The number of ether oxygens (including phenoxy) is 10. The van der Waals surface area contributed by atoms with Crippen molar-refractivity contribution in [2.45, 2.75) is 95.7 Å². The van der Waals surface area contributed by atoms with Crippen molar-refractivity contribution < 1.29 is 66.5 Å². The molecule has 3 aliphatic rings. The molecule has 0 amide bonds. The van der Waals surface area contributed by atoms with Crippen LogP contribution >= 0.6 is 0 Å². The second-order valence-corrected chi connectivity index (χ2v) is 9.99.